The van der Waals surface area contributed by atoms with Crippen LogP contribution in [-0.4, -0.2) is 44.5 Å². The monoisotopic (exact) mass is 348 g/mol. The lowest BCUT2D eigenvalue weighted by Crippen LogP contribution is -2.35. The van der Waals surface area contributed by atoms with Gasteiger partial charge in [-0.15, -0.1) is 5.10 Å². The molecule has 0 bridgehead atoms. The number of likely N-dealkylation sites (tertiary alicyclic amines) is 1. The molecule has 2 heterocycles. The van der Waals surface area contributed by atoms with Crippen LogP contribution in [0, 0.1) is 0 Å². The number of carbonyl (C=O) groups is 1. The lowest BCUT2D eigenvalue weighted by Gasteiger charge is -2.26. The zero-order chi connectivity index (χ0) is 17.9. The zero-order valence-electron chi connectivity index (χ0n) is 14.4. The van der Waals surface area contributed by atoms with Crippen LogP contribution in [-0.2, 0) is 0 Å². The first-order chi connectivity index (χ1) is 12.7. The average molecular weight is 348 g/mol. The highest BCUT2D eigenvalue weighted by atomic mass is 16.2. The molecule has 0 spiro atoms. The van der Waals surface area contributed by atoms with Gasteiger partial charge in [-0.1, -0.05) is 18.2 Å². The minimum Gasteiger partial charge on any atom is -0.398 e. The topological polar surface area (TPSA) is 101 Å². The molecule has 3 N–H and O–H groups in total. The molecule has 0 aliphatic carbocycles. The van der Waals surface area contributed by atoms with Crippen molar-refractivity contribution >= 4 is 11.6 Å². The number of hydrogen-bond acceptors (Lipinski definition) is 5. The molecule has 1 amide bonds. The zero-order valence-corrected chi connectivity index (χ0v) is 14.4. The van der Waals surface area contributed by atoms with Gasteiger partial charge in [0.15, 0.2) is 5.82 Å². The number of benzene rings is 2. The number of rotatable bonds is 3. The summed E-state index contributed by atoms with van der Waals surface area (Å²) < 4.78 is 0. The van der Waals surface area contributed by atoms with Crippen molar-refractivity contribution < 1.29 is 4.79 Å². The predicted molar refractivity (Wildman–Crippen MR) is 99.2 cm³/mol. The van der Waals surface area contributed by atoms with Crippen LogP contribution >= 0.6 is 0 Å². The Morgan fingerprint density at radius 3 is 2.42 bits per heavy atom. The fourth-order valence-corrected chi connectivity index (χ4v) is 3.30. The van der Waals surface area contributed by atoms with Gasteiger partial charge in [0.2, 0.25) is 0 Å². The molecule has 1 fully saturated rings. The predicted octanol–water partition coefficient (Wildman–Crippen LogP) is 2.74. The molecular weight excluding hydrogens is 328 g/mol. The molecule has 4 rings (SSSR count). The third-order valence-electron chi connectivity index (χ3n) is 4.76. The first kappa shape index (κ1) is 16.3. The molecule has 7 heteroatoms. The molecule has 0 atom stereocenters. The summed E-state index contributed by atoms with van der Waals surface area (Å²) >= 11 is 0. The number of aromatic amines is 1. The summed E-state index contributed by atoms with van der Waals surface area (Å²) in [4.78, 5) is 14.5. The van der Waals surface area contributed by atoms with Gasteiger partial charge in [0.05, 0.1) is 0 Å². The fourth-order valence-electron chi connectivity index (χ4n) is 3.30. The Kier molecular flexibility index (Phi) is 4.35. The van der Waals surface area contributed by atoms with Crippen molar-refractivity contribution in [3.63, 3.8) is 0 Å². The number of tetrazole rings is 1. The molecular formula is C19H20N6O. The summed E-state index contributed by atoms with van der Waals surface area (Å²) in [6.07, 6.45) is 3.39. The van der Waals surface area contributed by atoms with E-state index in [1.807, 2.05) is 47.4 Å². The van der Waals surface area contributed by atoms with Gasteiger partial charge in [0, 0.05) is 29.9 Å². The lowest BCUT2D eigenvalue weighted by atomic mass is 10.00. The van der Waals surface area contributed by atoms with E-state index in [9.17, 15) is 4.79 Å². The van der Waals surface area contributed by atoms with E-state index < -0.39 is 0 Å². The van der Waals surface area contributed by atoms with Gasteiger partial charge in [0.1, 0.15) is 0 Å². The van der Waals surface area contributed by atoms with Gasteiger partial charge in [-0.25, -0.2) is 5.10 Å². The standard InChI is InChI=1S/C19H20N6O/c20-17-9-8-15(12-16(17)18-21-23-24-22-18)13-4-6-14(7-5-13)19(26)25-10-2-1-3-11-25/h4-9,12H,1-3,10-11,20H2,(H,21,22,23,24). The Hall–Kier alpha value is -3.22. The summed E-state index contributed by atoms with van der Waals surface area (Å²) in [5, 5.41) is 13.9. The van der Waals surface area contributed by atoms with E-state index in [0.717, 1.165) is 48.2 Å². The van der Waals surface area contributed by atoms with Gasteiger partial charge < -0.3 is 10.6 Å². The summed E-state index contributed by atoms with van der Waals surface area (Å²) in [5.74, 6) is 0.642. The van der Waals surface area contributed by atoms with Gasteiger partial charge >= 0.3 is 0 Å². The van der Waals surface area contributed by atoms with Crippen LogP contribution in [0.15, 0.2) is 42.5 Å². The Labute approximate surface area is 151 Å². The Bertz CT molecular complexity index is 898. The number of carbonyl (C=O) groups excluding carboxylic acids is 1. The highest BCUT2D eigenvalue weighted by molar-refractivity contribution is 5.95. The number of H-pyrrole nitrogens is 1. The normalized spacial score (nSPS) is 14.4. The highest BCUT2D eigenvalue weighted by Gasteiger charge is 2.18. The van der Waals surface area contributed by atoms with Crippen LogP contribution in [0.4, 0.5) is 5.69 Å². The summed E-state index contributed by atoms with van der Waals surface area (Å²) in [7, 11) is 0. The van der Waals surface area contributed by atoms with Crippen LogP contribution in [0.1, 0.15) is 29.6 Å². The summed E-state index contributed by atoms with van der Waals surface area (Å²) in [6.45, 7) is 1.71. The molecule has 7 nitrogen and oxygen atoms in total. The number of nitrogens with zero attached hydrogens (tertiary/aromatic N) is 4. The van der Waals surface area contributed by atoms with Crippen LogP contribution < -0.4 is 5.73 Å². The van der Waals surface area contributed by atoms with Gasteiger partial charge in [-0.2, -0.15) is 0 Å². The quantitative estimate of drug-likeness (QED) is 0.709. The first-order valence-corrected chi connectivity index (χ1v) is 8.76. The second-order valence-electron chi connectivity index (χ2n) is 6.48. The third-order valence-corrected chi connectivity index (χ3v) is 4.76. The number of nitrogens with two attached hydrogens (primary N) is 1. The van der Waals surface area contributed by atoms with Crippen molar-refractivity contribution in [2.45, 2.75) is 19.3 Å². The Morgan fingerprint density at radius 1 is 1.00 bits per heavy atom. The molecule has 1 aromatic heterocycles. The van der Waals surface area contributed by atoms with E-state index in [0.29, 0.717) is 11.5 Å². The van der Waals surface area contributed by atoms with Crippen LogP contribution in [0.5, 0.6) is 0 Å². The molecule has 1 aliphatic heterocycles. The molecule has 1 saturated heterocycles. The summed E-state index contributed by atoms with van der Waals surface area (Å²) in [6, 6.07) is 13.4. The smallest absolute Gasteiger partial charge is 0.253 e. The number of piperidine rings is 1. The van der Waals surface area contributed by atoms with Crippen LogP contribution in [0.2, 0.25) is 0 Å². The third kappa shape index (κ3) is 3.15. The maximum absolute atomic E-state index is 12.6. The van der Waals surface area contributed by atoms with Crippen molar-refractivity contribution in [2.24, 2.45) is 0 Å². The highest BCUT2D eigenvalue weighted by Crippen LogP contribution is 2.29. The molecule has 0 radical (unpaired) electrons. The van der Waals surface area contributed by atoms with Gasteiger partial charge in [-0.05, 0) is 65.1 Å². The molecule has 3 aromatic rings. The van der Waals surface area contributed by atoms with E-state index in [-0.39, 0.29) is 5.91 Å². The number of hydrogen-bond donors (Lipinski definition) is 2. The van der Waals surface area contributed by atoms with Crippen molar-refractivity contribution in [3.8, 4) is 22.5 Å². The SMILES string of the molecule is Nc1ccc(-c2ccc(C(=O)N3CCCCC3)cc2)cc1-c1nnn[nH]1. The number of amides is 1. The minimum atomic E-state index is 0.113. The molecule has 1 aliphatic rings. The number of nitrogens with one attached hydrogen (secondary N) is 1. The molecule has 132 valence electrons. The van der Waals surface area contributed by atoms with Gasteiger partial charge in [-0.3, -0.25) is 4.79 Å². The van der Waals surface area contributed by atoms with E-state index in [2.05, 4.69) is 20.6 Å². The molecule has 0 saturated carbocycles. The van der Waals surface area contributed by atoms with Crippen molar-refractivity contribution in [1.29, 1.82) is 0 Å². The largest absolute Gasteiger partial charge is 0.398 e. The summed E-state index contributed by atoms with van der Waals surface area (Å²) in [5.41, 5.74) is 10.1. The molecule has 26 heavy (non-hydrogen) atoms. The van der Waals surface area contributed by atoms with Crippen molar-refractivity contribution in [2.75, 3.05) is 18.8 Å². The first-order valence-electron chi connectivity index (χ1n) is 8.76. The second kappa shape index (κ2) is 6.95. The second-order valence-corrected chi connectivity index (χ2v) is 6.48. The number of nitrogen functional groups attached to an aromatic ring is 1. The Balaban J connectivity index is 1.59. The van der Waals surface area contributed by atoms with Crippen LogP contribution in [0.25, 0.3) is 22.5 Å². The van der Waals surface area contributed by atoms with Crippen molar-refractivity contribution in [1.82, 2.24) is 25.5 Å². The lowest BCUT2D eigenvalue weighted by molar-refractivity contribution is 0.0724. The number of anilines is 1. The Morgan fingerprint density at radius 2 is 1.73 bits per heavy atom. The number of aromatic nitrogens is 4. The van der Waals surface area contributed by atoms with E-state index in [4.69, 9.17) is 5.73 Å². The average Bonchev–Trinajstić information content (AvgIpc) is 3.23. The molecule has 2 aromatic carbocycles. The van der Waals surface area contributed by atoms with Crippen LogP contribution in [0.3, 0.4) is 0 Å². The maximum atomic E-state index is 12.6. The van der Waals surface area contributed by atoms with E-state index in [1.54, 1.807) is 0 Å². The molecule has 0 unspecified atom stereocenters. The van der Waals surface area contributed by atoms with E-state index >= 15 is 0 Å². The van der Waals surface area contributed by atoms with E-state index in [1.165, 1.54) is 6.42 Å². The maximum Gasteiger partial charge on any atom is 0.253 e. The van der Waals surface area contributed by atoms with Gasteiger partial charge in [0.25, 0.3) is 5.91 Å². The van der Waals surface area contributed by atoms with Crippen molar-refractivity contribution in [3.05, 3.63) is 48.0 Å². The minimum absolute atomic E-state index is 0.113. The fraction of sp³-hybridized carbons (Fsp3) is 0.263.